The standard InChI is InChI=1S/C44H46N5O18PS/c1-21(51)38(42(58)48-33(20-50)41(57)47-31(44(61)62)13-14-69-2)49-40(56)32(15-22-3-8-26(9-4-22)67-68(63,64)65)46-36(54)19-45-39(55)23-5-10-27(30(16-23)43(59)60)37-28-11-6-24(52)17-34(28)66-35-18-25(53)7-12-29(35)37/h3-12,16-18,21,31-33,38,50-52H,13-15,19-20H2,1-2H3,(H,45,55)(H,46,54)(H,47,57)(H,48,58)(H,49,56)(H,59,60)(H,61,62)(H2,63,64,65)/t21-,31+,32+,33+,38+/m1/s1. The fraction of sp³-hybridized carbons (Fsp3) is 0.273. The number of amides is 5. The Kier molecular flexibility index (Phi) is 17.6. The van der Waals surface area contributed by atoms with Gasteiger partial charge in [-0.15, -0.1) is 0 Å². The number of phenols is 1. The molecule has 366 valence electrons. The fourth-order valence-corrected chi connectivity index (χ4v) is 7.75. The van der Waals surface area contributed by atoms with Gasteiger partial charge >= 0.3 is 19.8 Å². The van der Waals surface area contributed by atoms with Crippen LogP contribution in [0.5, 0.6) is 11.5 Å². The molecule has 0 spiro atoms. The second-order valence-corrected chi connectivity index (χ2v) is 17.4. The maximum atomic E-state index is 13.9. The van der Waals surface area contributed by atoms with Gasteiger partial charge in [-0.05, 0) is 85.0 Å². The van der Waals surface area contributed by atoms with E-state index >= 15 is 0 Å². The summed E-state index contributed by atoms with van der Waals surface area (Å²) in [6.07, 6.45) is -0.343. The number of thioether (sulfide) groups is 1. The number of hydrogen-bond donors (Lipinski definition) is 12. The number of fused-ring (bicyclic) bond motifs is 2. The summed E-state index contributed by atoms with van der Waals surface area (Å²) in [5.41, 5.74) is 0.148. The first-order valence-corrected chi connectivity index (χ1v) is 23.4. The molecule has 25 heteroatoms. The zero-order valence-corrected chi connectivity index (χ0v) is 38.1. The zero-order chi connectivity index (χ0) is 50.7. The molecule has 1 heterocycles. The Morgan fingerprint density at radius 3 is 2.09 bits per heavy atom. The van der Waals surface area contributed by atoms with Gasteiger partial charge in [0.1, 0.15) is 47.0 Å². The minimum Gasteiger partial charge on any atom is -0.508 e. The highest BCUT2D eigenvalue weighted by atomic mass is 32.2. The topological polar surface area (TPSA) is 378 Å². The Morgan fingerprint density at radius 2 is 1.46 bits per heavy atom. The number of aliphatic carboxylic acids is 1. The molecule has 23 nitrogen and oxygen atoms in total. The number of aliphatic hydroxyl groups excluding tert-OH is 2. The van der Waals surface area contributed by atoms with Crippen molar-refractivity contribution in [2.45, 2.75) is 50.0 Å². The summed E-state index contributed by atoms with van der Waals surface area (Å²) in [6, 6.07) is 9.97. The van der Waals surface area contributed by atoms with E-state index in [-0.39, 0.29) is 57.9 Å². The third kappa shape index (κ3) is 14.1. The SMILES string of the molecule is CSCC[C@H](NC(=O)[C@H](CO)NC(=O)[C@@H](NC(=O)[C@H](Cc1ccc(OP(=O)(O)O)cc1)NC(=O)CNC(=O)c1ccc(-c2c3ccc(=O)cc-3oc3cc(O)ccc23)c(C(=O)O)c1)[C@@H](C)O)C(=O)O. The number of aliphatic hydroxyl groups is 2. The number of nitrogens with one attached hydrogen (secondary N) is 5. The molecule has 0 saturated heterocycles. The molecular weight excluding hydrogens is 950 g/mol. The summed E-state index contributed by atoms with van der Waals surface area (Å²) in [5, 5.41) is 62.1. The number of aromatic hydroxyl groups is 1. The number of hydrogen-bond acceptors (Lipinski definition) is 15. The second kappa shape index (κ2) is 23.1. The Balaban J connectivity index is 1.36. The van der Waals surface area contributed by atoms with Gasteiger partial charge in [0, 0.05) is 40.6 Å². The first-order valence-electron chi connectivity index (χ1n) is 20.5. The van der Waals surface area contributed by atoms with Gasteiger partial charge < -0.3 is 61.1 Å². The summed E-state index contributed by atoms with van der Waals surface area (Å²) in [5.74, 6) is -8.16. The zero-order valence-electron chi connectivity index (χ0n) is 36.4. The number of rotatable bonds is 22. The van der Waals surface area contributed by atoms with E-state index in [2.05, 4.69) is 31.1 Å². The molecule has 3 aromatic rings. The van der Waals surface area contributed by atoms with Crippen molar-refractivity contribution >= 4 is 72.0 Å². The molecule has 5 atom stereocenters. The largest absolute Gasteiger partial charge is 0.524 e. The molecule has 0 saturated carbocycles. The summed E-state index contributed by atoms with van der Waals surface area (Å²) in [6.45, 7) is -0.739. The van der Waals surface area contributed by atoms with Crippen LogP contribution in [0.1, 0.15) is 39.6 Å². The van der Waals surface area contributed by atoms with E-state index in [0.29, 0.717) is 22.3 Å². The molecule has 0 unspecified atom stereocenters. The molecule has 2 aliphatic rings. The molecule has 0 radical (unpaired) electrons. The molecule has 3 aromatic carbocycles. The van der Waals surface area contributed by atoms with E-state index in [4.69, 9.17) is 14.2 Å². The van der Waals surface area contributed by atoms with E-state index in [1.807, 2.05) is 0 Å². The number of phenolic OH excluding ortho intramolecular Hbond substituents is 1. The second-order valence-electron chi connectivity index (χ2n) is 15.3. The Bertz CT molecular complexity index is 2830. The van der Waals surface area contributed by atoms with Gasteiger partial charge in [-0.3, -0.25) is 38.6 Å². The summed E-state index contributed by atoms with van der Waals surface area (Å²) in [4.78, 5) is 122. The first-order chi connectivity index (χ1) is 32.6. The smallest absolute Gasteiger partial charge is 0.508 e. The number of carboxylic acids is 2. The van der Waals surface area contributed by atoms with Gasteiger partial charge in [0.05, 0.1) is 24.8 Å². The van der Waals surface area contributed by atoms with Crippen LogP contribution >= 0.6 is 19.6 Å². The predicted octanol–water partition coefficient (Wildman–Crippen LogP) is 0.563. The van der Waals surface area contributed by atoms with Crippen LogP contribution < -0.4 is 36.5 Å². The lowest BCUT2D eigenvalue weighted by molar-refractivity contribution is -0.142. The average Bonchev–Trinajstić information content (AvgIpc) is 3.28. The highest BCUT2D eigenvalue weighted by Gasteiger charge is 2.34. The van der Waals surface area contributed by atoms with Gasteiger partial charge in [-0.1, -0.05) is 18.2 Å². The van der Waals surface area contributed by atoms with Crippen LogP contribution in [0.15, 0.2) is 88.1 Å². The van der Waals surface area contributed by atoms with Crippen molar-refractivity contribution in [3.63, 3.8) is 0 Å². The summed E-state index contributed by atoms with van der Waals surface area (Å²) in [7, 11) is -4.95. The van der Waals surface area contributed by atoms with Crippen LogP contribution in [0.2, 0.25) is 0 Å². The lowest BCUT2D eigenvalue weighted by atomic mass is 9.90. The molecule has 5 rings (SSSR count). The van der Waals surface area contributed by atoms with Gasteiger partial charge in [0.25, 0.3) is 5.91 Å². The Morgan fingerprint density at radius 1 is 0.797 bits per heavy atom. The van der Waals surface area contributed by atoms with Crippen molar-refractivity contribution in [3.05, 3.63) is 106 Å². The number of carbonyl (C=O) groups is 7. The maximum Gasteiger partial charge on any atom is 0.524 e. The quantitative estimate of drug-likeness (QED) is 0.0333. The van der Waals surface area contributed by atoms with Crippen molar-refractivity contribution in [1.29, 1.82) is 0 Å². The molecule has 69 heavy (non-hydrogen) atoms. The van der Waals surface area contributed by atoms with Gasteiger partial charge in [-0.25, -0.2) is 14.2 Å². The lowest BCUT2D eigenvalue weighted by Crippen LogP contribution is -2.61. The van der Waals surface area contributed by atoms with Crippen LogP contribution in [0, 0.1) is 0 Å². The maximum absolute atomic E-state index is 13.9. The number of phosphoric acid groups is 1. The third-order valence-electron chi connectivity index (χ3n) is 10.2. The molecule has 0 bridgehead atoms. The van der Waals surface area contributed by atoms with E-state index in [1.54, 1.807) is 6.26 Å². The minimum absolute atomic E-state index is 0.0115. The molecule has 0 aromatic heterocycles. The van der Waals surface area contributed by atoms with Crippen molar-refractivity contribution in [1.82, 2.24) is 26.6 Å². The monoisotopic (exact) mass is 995 g/mol. The van der Waals surface area contributed by atoms with Crippen LogP contribution in [-0.4, -0.2) is 132 Å². The van der Waals surface area contributed by atoms with E-state index < -0.39 is 98.1 Å². The Labute approximate surface area is 394 Å². The number of carbonyl (C=O) groups excluding carboxylic acids is 5. The number of carboxylic acid groups (broad SMARTS) is 2. The van der Waals surface area contributed by atoms with Gasteiger partial charge in [0.2, 0.25) is 23.6 Å². The molecule has 1 aliphatic heterocycles. The summed E-state index contributed by atoms with van der Waals surface area (Å²) < 4.78 is 21.7. The normalized spacial score (nSPS) is 13.5. The molecule has 5 amide bonds. The van der Waals surface area contributed by atoms with Crippen molar-refractivity contribution < 1.29 is 82.4 Å². The summed E-state index contributed by atoms with van der Waals surface area (Å²) >= 11 is 1.31. The molecular formula is C44H46N5O18PS. The number of benzene rings is 4. The lowest BCUT2D eigenvalue weighted by Gasteiger charge is -2.27. The number of phosphoric ester groups is 1. The number of aromatic carboxylic acids is 1. The average molecular weight is 996 g/mol. The third-order valence-corrected chi connectivity index (χ3v) is 11.3. The van der Waals surface area contributed by atoms with E-state index in [1.165, 1.54) is 72.4 Å². The predicted molar refractivity (Wildman–Crippen MR) is 245 cm³/mol. The van der Waals surface area contributed by atoms with Crippen LogP contribution in [0.25, 0.3) is 33.4 Å². The van der Waals surface area contributed by atoms with Crippen LogP contribution in [0.4, 0.5) is 0 Å². The molecule has 0 fully saturated rings. The molecule has 12 N–H and O–H groups in total. The fourth-order valence-electron chi connectivity index (χ4n) is 6.89. The van der Waals surface area contributed by atoms with E-state index in [9.17, 15) is 68.5 Å². The Hall–Kier alpha value is -7.34. The van der Waals surface area contributed by atoms with Gasteiger partial charge in [0.15, 0.2) is 5.43 Å². The van der Waals surface area contributed by atoms with E-state index in [0.717, 1.165) is 25.1 Å². The van der Waals surface area contributed by atoms with Gasteiger partial charge in [-0.2, -0.15) is 11.8 Å². The van der Waals surface area contributed by atoms with Crippen molar-refractivity contribution in [2.75, 3.05) is 25.2 Å². The molecule has 1 aliphatic carbocycles. The van der Waals surface area contributed by atoms with Crippen LogP contribution in [0.3, 0.4) is 0 Å². The highest BCUT2D eigenvalue weighted by Crippen LogP contribution is 2.42. The van der Waals surface area contributed by atoms with Crippen molar-refractivity contribution in [3.8, 4) is 33.9 Å². The van der Waals surface area contributed by atoms with Crippen LogP contribution in [-0.2, 0) is 35.0 Å². The first kappa shape index (κ1) is 52.6. The van der Waals surface area contributed by atoms with Crippen molar-refractivity contribution in [2.24, 2.45) is 0 Å². The highest BCUT2D eigenvalue weighted by molar-refractivity contribution is 7.98. The minimum atomic E-state index is -4.95.